The van der Waals surface area contributed by atoms with Crippen LogP contribution in [0.1, 0.15) is 55.2 Å². The highest BCUT2D eigenvalue weighted by atomic mass is 32.2. The van der Waals surface area contributed by atoms with Crippen LogP contribution in [-0.2, 0) is 35.7 Å². The Hall–Kier alpha value is -3.24. The summed E-state index contributed by atoms with van der Waals surface area (Å²) in [5.74, 6) is -2.84. The van der Waals surface area contributed by atoms with Crippen LogP contribution in [0.15, 0.2) is 54.6 Å². The summed E-state index contributed by atoms with van der Waals surface area (Å²) in [6, 6.07) is 14.7. The Labute approximate surface area is 199 Å². The fourth-order valence-electron chi connectivity index (χ4n) is 2.81. The molecule has 0 radical (unpaired) electrons. The molecule has 1 atom stereocenters. The molecule has 2 aromatic carbocycles. The number of hydrogen-bond acceptors (Lipinski definition) is 7. The van der Waals surface area contributed by atoms with Crippen molar-refractivity contribution in [3.05, 3.63) is 71.3 Å². The van der Waals surface area contributed by atoms with E-state index in [2.05, 4.69) is 10.0 Å². The van der Waals surface area contributed by atoms with E-state index in [-0.39, 0.29) is 6.61 Å². The number of esters is 2. The molecule has 0 saturated heterocycles. The minimum absolute atomic E-state index is 0.0552. The molecule has 2 rings (SSSR count). The predicted molar refractivity (Wildman–Crippen MR) is 126 cm³/mol. The molecule has 0 bridgehead atoms. The third-order valence-corrected chi connectivity index (χ3v) is 5.75. The fourth-order valence-corrected chi connectivity index (χ4v) is 4.01. The number of ether oxygens (including phenoxy) is 2. The number of amides is 1. The lowest BCUT2D eigenvalue weighted by molar-refractivity contribution is -0.145. The summed E-state index contributed by atoms with van der Waals surface area (Å²) in [7, 11) is -3.99. The second kappa shape index (κ2) is 11.8. The normalized spacial score (nSPS) is 12.5. The third kappa shape index (κ3) is 9.72. The van der Waals surface area contributed by atoms with Gasteiger partial charge in [0.2, 0.25) is 15.9 Å². The van der Waals surface area contributed by atoms with Crippen molar-refractivity contribution in [2.24, 2.45) is 0 Å². The van der Waals surface area contributed by atoms with Crippen molar-refractivity contribution in [1.29, 1.82) is 0 Å². The van der Waals surface area contributed by atoms with Crippen molar-refractivity contribution in [3.8, 4) is 0 Å². The summed E-state index contributed by atoms with van der Waals surface area (Å²) >= 11 is 0. The van der Waals surface area contributed by atoms with Gasteiger partial charge in [0.05, 0.1) is 5.56 Å². The molecular weight excluding hydrogens is 460 g/mol. The average molecular weight is 491 g/mol. The molecular formula is C24H30N2O7S. The van der Waals surface area contributed by atoms with Gasteiger partial charge < -0.3 is 14.8 Å². The lowest BCUT2D eigenvalue weighted by atomic mass is 10.1. The first-order chi connectivity index (χ1) is 15.8. The molecule has 9 nitrogen and oxygen atoms in total. The minimum Gasteiger partial charge on any atom is -0.460 e. The van der Waals surface area contributed by atoms with E-state index >= 15 is 0 Å². The number of hydrogen-bond donors (Lipinski definition) is 2. The molecule has 0 saturated carbocycles. The maximum Gasteiger partial charge on any atom is 0.338 e. The zero-order chi connectivity index (χ0) is 25.4. The van der Waals surface area contributed by atoms with Gasteiger partial charge in [-0.2, -0.15) is 0 Å². The van der Waals surface area contributed by atoms with Crippen molar-refractivity contribution in [2.45, 2.75) is 45.9 Å². The molecule has 10 heteroatoms. The number of carbonyl (C=O) groups is 3. The second-order valence-corrected chi connectivity index (χ2v) is 10.4. The molecule has 34 heavy (non-hydrogen) atoms. The van der Waals surface area contributed by atoms with Crippen molar-refractivity contribution in [1.82, 2.24) is 10.0 Å². The Morgan fingerprint density at radius 3 is 2.18 bits per heavy atom. The molecule has 0 aromatic heterocycles. The summed E-state index contributed by atoms with van der Waals surface area (Å²) in [5, 5.41) is 2.24. The Balaban J connectivity index is 1.81. The smallest absolute Gasteiger partial charge is 0.338 e. The van der Waals surface area contributed by atoms with Gasteiger partial charge in [-0.3, -0.25) is 9.59 Å². The summed E-state index contributed by atoms with van der Waals surface area (Å²) in [6.45, 7) is 6.52. The average Bonchev–Trinajstić information content (AvgIpc) is 2.75. The van der Waals surface area contributed by atoms with Crippen molar-refractivity contribution >= 4 is 27.9 Å². The van der Waals surface area contributed by atoms with Gasteiger partial charge in [-0.1, -0.05) is 42.5 Å². The molecule has 0 aliphatic heterocycles. The van der Waals surface area contributed by atoms with Crippen LogP contribution in [0.2, 0.25) is 0 Å². The van der Waals surface area contributed by atoms with Gasteiger partial charge in [0.25, 0.3) is 0 Å². The SMILES string of the molecule is CC(NS(=O)(=O)CC(=O)NCC(=O)OCc1ccccc1)c1ccc(C(=O)OC(C)(C)C)cc1. The number of carbonyl (C=O) groups excluding carboxylic acids is 3. The van der Waals surface area contributed by atoms with E-state index in [0.717, 1.165) is 5.56 Å². The van der Waals surface area contributed by atoms with Crippen LogP contribution < -0.4 is 10.0 Å². The summed E-state index contributed by atoms with van der Waals surface area (Å²) in [4.78, 5) is 35.9. The van der Waals surface area contributed by atoms with E-state index < -0.39 is 51.8 Å². The Morgan fingerprint density at radius 2 is 1.59 bits per heavy atom. The molecule has 184 valence electrons. The van der Waals surface area contributed by atoms with E-state index in [1.165, 1.54) is 0 Å². The standard InChI is InChI=1S/C24H30N2O7S/c1-17(19-10-12-20(13-11-19)23(29)33-24(2,3)4)26-34(30,31)16-21(27)25-14-22(28)32-15-18-8-6-5-7-9-18/h5-13,17,26H,14-16H2,1-4H3,(H,25,27). The first-order valence-electron chi connectivity index (χ1n) is 10.6. The molecule has 0 fully saturated rings. The Morgan fingerprint density at radius 1 is 0.971 bits per heavy atom. The summed E-state index contributed by atoms with van der Waals surface area (Å²) in [5.41, 5.74) is 1.10. The largest absolute Gasteiger partial charge is 0.460 e. The van der Waals surface area contributed by atoms with Crippen LogP contribution in [-0.4, -0.2) is 44.2 Å². The zero-order valence-corrected chi connectivity index (χ0v) is 20.5. The molecule has 0 spiro atoms. The first-order valence-corrected chi connectivity index (χ1v) is 12.3. The van der Waals surface area contributed by atoms with Gasteiger partial charge in [-0.05, 0) is 51.0 Å². The van der Waals surface area contributed by atoms with Crippen LogP contribution in [0.5, 0.6) is 0 Å². The van der Waals surface area contributed by atoms with Crippen LogP contribution in [0.4, 0.5) is 0 Å². The first kappa shape index (κ1) is 27.0. The lowest BCUT2D eigenvalue weighted by Crippen LogP contribution is -2.39. The molecule has 2 aromatic rings. The summed E-state index contributed by atoms with van der Waals surface area (Å²) < 4.78 is 37.4. The van der Waals surface area contributed by atoms with Crippen molar-refractivity contribution in [2.75, 3.05) is 12.3 Å². The number of nitrogens with one attached hydrogen (secondary N) is 2. The topological polar surface area (TPSA) is 128 Å². The lowest BCUT2D eigenvalue weighted by Gasteiger charge is -2.20. The van der Waals surface area contributed by atoms with Gasteiger partial charge in [-0.15, -0.1) is 0 Å². The van der Waals surface area contributed by atoms with Crippen LogP contribution >= 0.6 is 0 Å². The monoisotopic (exact) mass is 490 g/mol. The highest BCUT2D eigenvalue weighted by molar-refractivity contribution is 7.90. The van der Waals surface area contributed by atoms with Crippen molar-refractivity contribution < 1.29 is 32.3 Å². The van der Waals surface area contributed by atoms with Gasteiger partial charge in [0.1, 0.15) is 24.5 Å². The third-order valence-electron chi connectivity index (χ3n) is 4.40. The zero-order valence-electron chi connectivity index (χ0n) is 19.7. The highest BCUT2D eigenvalue weighted by Crippen LogP contribution is 2.17. The van der Waals surface area contributed by atoms with Gasteiger partial charge >= 0.3 is 11.9 Å². The van der Waals surface area contributed by atoms with E-state index in [9.17, 15) is 22.8 Å². The quantitative estimate of drug-likeness (QED) is 0.490. The molecule has 1 unspecified atom stereocenters. The molecule has 2 N–H and O–H groups in total. The van der Waals surface area contributed by atoms with Crippen LogP contribution in [0, 0.1) is 0 Å². The van der Waals surface area contributed by atoms with E-state index in [4.69, 9.17) is 9.47 Å². The summed E-state index contributed by atoms with van der Waals surface area (Å²) in [6.07, 6.45) is 0. The predicted octanol–water partition coefficient (Wildman–Crippen LogP) is 2.48. The second-order valence-electron chi connectivity index (χ2n) is 8.65. The Bertz CT molecular complexity index is 1090. The van der Waals surface area contributed by atoms with E-state index in [1.807, 2.05) is 6.07 Å². The maximum absolute atomic E-state index is 12.3. The molecule has 1 amide bonds. The van der Waals surface area contributed by atoms with Gasteiger partial charge in [0, 0.05) is 6.04 Å². The Kier molecular flexibility index (Phi) is 9.34. The van der Waals surface area contributed by atoms with E-state index in [1.54, 1.807) is 76.2 Å². The van der Waals surface area contributed by atoms with E-state index in [0.29, 0.717) is 11.1 Å². The molecule has 0 aliphatic carbocycles. The minimum atomic E-state index is -3.99. The van der Waals surface area contributed by atoms with Gasteiger partial charge in [-0.25, -0.2) is 17.9 Å². The number of rotatable bonds is 10. The van der Waals surface area contributed by atoms with Gasteiger partial charge in [0.15, 0.2) is 0 Å². The van der Waals surface area contributed by atoms with Crippen molar-refractivity contribution in [3.63, 3.8) is 0 Å². The molecule has 0 heterocycles. The fraction of sp³-hybridized carbons (Fsp3) is 0.375. The number of benzene rings is 2. The maximum atomic E-state index is 12.3. The number of sulfonamides is 1. The highest BCUT2D eigenvalue weighted by Gasteiger charge is 2.22. The van der Waals surface area contributed by atoms with Crippen LogP contribution in [0.25, 0.3) is 0 Å². The van der Waals surface area contributed by atoms with Crippen LogP contribution in [0.3, 0.4) is 0 Å². The molecule has 0 aliphatic rings.